The van der Waals surface area contributed by atoms with E-state index in [1.807, 2.05) is 0 Å². The van der Waals surface area contributed by atoms with Crippen molar-refractivity contribution in [2.24, 2.45) is 0 Å². The highest BCUT2D eigenvalue weighted by Crippen LogP contribution is 2.25. The number of rotatable bonds is 3. The molecule has 0 aromatic heterocycles. The van der Waals surface area contributed by atoms with Gasteiger partial charge in [0, 0.05) is 12.6 Å². The first-order chi connectivity index (χ1) is 7.29. The number of halogens is 5. The van der Waals surface area contributed by atoms with Gasteiger partial charge in [-0.25, -0.2) is 8.78 Å². The molecule has 0 aliphatic heterocycles. The molecule has 0 aliphatic carbocycles. The Morgan fingerprint density at radius 1 is 1.19 bits per heavy atom. The van der Waals surface area contributed by atoms with Crippen molar-refractivity contribution in [1.29, 1.82) is 0 Å². The van der Waals surface area contributed by atoms with Crippen molar-refractivity contribution >= 4 is 11.4 Å². The lowest BCUT2D eigenvalue weighted by Gasteiger charge is -2.11. The molecule has 0 radical (unpaired) electrons. The Kier molecular flexibility index (Phi) is 3.56. The smallest absolute Gasteiger partial charge is 0.390 e. The molecule has 0 unspecified atom stereocenters. The molecule has 0 aliphatic rings. The number of nitrogens with one attached hydrogen (secondary N) is 1. The number of benzene rings is 1. The summed E-state index contributed by atoms with van der Waals surface area (Å²) in [6, 6.07) is 1.40. The van der Waals surface area contributed by atoms with Crippen LogP contribution in [0.1, 0.15) is 6.42 Å². The van der Waals surface area contributed by atoms with E-state index < -0.39 is 36.5 Å². The number of nitrogens with two attached hydrogens (primary N) is 1. The summed E-state index contributed by atoms with van der Waals surface area (Å²) in [5, 5.41) is 2.23. The first-order valence-electron chi connectivity index (χ1n) is 4.35. The van der Waals surface area contributed by atoms with Gasteiger partial charge in [0.1, 0.15) is 5.82 Å². The normalized spacial score (nSPS) is 11.6. The Morgan fingerprint density at radius 3 is 2.38 bits per heavy atom. The van der Waals surface area contributed by atoms with Gasteiger partial charge in [0.05, 0.1) is 17.8 Å². The highest BCUT2D eigenvalue weighted by molar-refractivity contribution is 5.66. The third-order valence-corrected chi connectivity index (χ3v) is 1.82. The fraction of sp³-hybridized carbons (Fsp3) is 0.333. The molecule has 3 N–H and O–H groups in total. The molecule has 1 aromatic rings. The van der Waals surface area contributed by atoms with Gasteiger partial charge in [-0.3, -0.25) is 0 Å². The summed E-state index contributed by atoms with van der Waals surface area (Å²) in [5.41, 5.74) is 4.64. The zero-order valence-corrected chi connectivity index (χ0v) is 8.04. The number of nitrogen functional groups attached to an aromatic ring is 1. The molecule has 1 rings (SSSR count). The van der Waals surface area contributed by atoms with Crippen molar-refractivity contribution in [3.8, 4) is 0 Å². The predicted molar refractivity (Wildman–Crippen MR) is 49.9 cm³/mol. The number of hydrogen-bond donors (Lipinski definition) is 2. The number of anilines is 2. The summed E-state index contributed by atoms with van der Waals surface area (Å²) < 4.78 is 61.0. The second kappa shape index (κ2) is 4.54. The average molecular weight is 240 g/mol. The predicted octanol–water partition coefficient (Wildman–Crippen LogP) is 2.91. The second-order valence-corrected chi connectivity index (χ2v) is 3.14. The third kappa shape index (κ3) is 3.56. The van der Waals surface area contributed by atoms with Crippen molar-refractivity contribution in [1.82, 2.24) is 0 Å². The van der Waals surface area contributed by atoms with Crippen molar-refractivity contribution in [3.63, 3.8) is 0 Å². The lowest BCUT2D eigenvalue weighted by molar-refractivity contribution is -0.131. The number of hydrogen-bond acceptors (Lipinski definition) is 2. The summed E-state index contributed by atoms with van der Waals surface area (Å²) in [5.74, 6) is -1.91. The summed E-state index contributed by atoms with van der Waals surface area (Å²) in [6.07, 6.45) is -5.43. The molecule has 0 spiro atoms. The van der Waals surface area contributed by atoms with Gasteiger partial charge in [-0.15, -0.1) is 0 Å². The van der Waals surface area contributed by atoms with Crippen molar-refractivity contribution < 1.29 is 22.0 Å². The van der Waals surface area contributed by atoms with Gasteiger partial charge in [0.15, 0.2) is 5.82 Å². The molecular weight excluding hydrogens is 231 g/mol. The van der Waals surface area contributed by atoms with Gasteiger partial charge in [0.25, 0.3) is 0 Å². The topological polar surface area (TPSA) is 38.0 Å². The molecular formula is C9H9F5N2. The molecule has 90 valence electrons. The molecule has 7 heteroatoms. The minimum absolute atomic E-state index is 0.179. The summed E-state index contributed by atoms with van der Waals surface area (Å²) in [6.45, 7) is -0.489. The fourth-order valence-electron chi connectivity index (χ4n) is 1.07. The van der Waals surface area contributed by atoms with E-state index >= 15 is 0 Å². The summed E-state index contributed by atoms with van der Waals surface area (Å²) in [7, 11) is 0. The minimum Gasteiger partial charge on any atom is -0.395 e. The van der Waals surface area contributed by atoms with Gasteiger partial charge in [-0.2, -0.15) is 13.2 Å². The maximum absolute atomic E-state index is 12.9. The average Bonchev–Trinajstić information content (AvgIpc) is 2.11. The largest absolute Gasteiger partial charge is 0.395 e. The van der Waals surface area contributed by atoms with E-state index in [4.69, 9.17) is 5.73 Å². The van der Waals surface area contributed by atoms with E-state index in [-0.39, 0.29) is 5.69 Å². The maximum atomic E-state index is 12.9. The molecule has 2 nitrogen and oxygen atoms in total. The van der Waals surface area contributed by atoms with E-state index in [2.05, 4.69) is 5.32 Å². The van der Waals surface area contributed by atoms with E-state index in [1.54, 1.807) is 0 Å². The van der Waals surface area contributed by atoms with Crippen LogP contribution in [0.5, 0.6) is 0 Å². The molecule has 0 bridgehead atoms. The van der Waals surface area contributed by atoms with Crippen molar-refractivity contribution in [2.45, 2.75) is 12.6 Å². The lowest BCUT2D eigenvalue weighted by Crippen LogP contribution is -2.15. The highest BCUT2D eigenvalue weighted by atomic mass is 19.4. The van der Waals surface area contributed by atoms with Crippen LogP contribution in [0, 0.1) is 11.6 Å². The van der Waals surface area contributed by atoms with Crippen LogP contribution in [0.3, 0.4) is 0 Å². The van der Waals surface area contributed by atoms with Gasteiger partial charge in [-0.1, -0.05) is 0 Å². The van der Waals surface area contributed by atoms with Gasteiger partial charge < -0.3 is 11.1 Å². The molecule has 16 heavy (non-hydrogen) atoms. The minimum atomic E-state index is -4.33. The summed E-state index contributed by atoms with van der Waals surface area (Å²) in [4.78, 5) is 0. The molecule has 1 aromatic carbocycles. The van der Waals surface area contributed by atoms with E-state index in [0.29, 0.717) is 6.07 Å². The fourth-order valence-corrected chi connectivity index (χ4v) is 1.07. The first-order valence-corrected chi connectivity index (χ1v) is 4.35. The maximum Gasteiger partial charge on any atom is 0.390 e. The zero-order valence-electron chi connectivity index (χ0n) is 8.04. The molecule has 0 heterocycles. The van der Waals surface area contributed by atoms with E-state index in [0.717, 1.165) is 6.07 Å². The van der Waals surface area contributed by atoms with Crippen LogP contribution in [0.25, 0.3) is 0 Å². The van der Waals surface area contributed by atoms with E-state index in [9.17, 15) is 22.0 Å². The Balaban J connectivity index is 2.67. The Hall–Kier alpha value is -1.53. The van der Waals surface area contributed by atoms with Crippen LogP contribution < -0.4 is 11.1 Å². The van der Waals surface area contributed by atoms with Crippen molar-refractivity contribution in [2.75, 3.05) is 17.6 Å². The molecule has 0 saturated heterocycles. The molecule has 0 saturated carbocycles. The van der Waals surface area contributed by atoms with E-state index in [1.165, 1.54) is 0 Å². The van der Waals surface area contributed by atoms with Crippen LogP contribution in [0.15, 0.2) is 12.1 Å². The third-order valence-electron chi connectivity index (χ3n) is 1.82. The van der Waals surface area contributed by atoms with Gasteiger partial charge in [0.2, 0.25) is 0 Å². The second-order valence-electron chi connectivity index (χ2n) is 3.14. The van der Waals surface area contributed by atoms with Crippen LogP contribution in [-0.4, -0.2) is 12.7 Å². The first kappa shape index (κ1) is 12.5. The standard InChI is InChI=1S/C9H9F5N2/c10-5-3-6(11)8(15)7(4-5)16-2-1-9(12,13)14/h3-4,16H,1-2,15H2. The zero-order chi connectivity index (χ0) is 12.3. The van der Waals surface area contributed by atoms with Crippen LogP contribution in [0.2, 0.25) is 0 Å². The molecule has 0 atom stereocenters. The molecule has 0 fully saturated rings. The molecule has 0 amide bonds. The van der Waals surface area contributed by atoms with Crippen molar-refractivity contribution in [3.05, 3.63) is 23.8 Å². The van der Waals surface area contributed by atoms with Crippen LogP contribution in [0.4, 0.5) is 33.3 Å². The Bertz CT molecular complexity index is 375. The van der Waals surface area contributed by atoms with Gasteiger partial charge in [-0.05, 0) is 6.07 Å². The highest BCUT2D eigenvalue weighted by Gasteiger charge is 2.26. The van der Waals surface area contributed by atoms with Gasteiger partial charge >= 0.3 is 6.18 Å². The number of alkyl halides is 3. The quantitative estimate of drug-likeness (QED) is 0.629. The Labute approximate surface area is 88.2 Å². The monoisotopic (exact) mass is 240 g/mol. The Morgan fingerprint density at radius 2 is 1.81 bits per heavy atom. The SMILES string of the molecule is Nc1c(F)cc(F)cc1NCCC(F)(F)F. The van der Waals surface area contributed by atoms with Crippen LogP contribution in [-0.2, 0) is 0 Å². The summed E-state index contributed by atoms with van der Waals surface area (Å²) >= 11 is 0. The van der Waals surface area contributed by atoms with Crippen LogP contribution >= 0.6 is 0 Å². The lowest BCUT2D eigenvalue weighted by atomic mass is 10.2.